The third-order valence-corrected chi connectivity index (χ3v) is 6.32. The predicted octanol–water partition coefficient (Wildman–Crippen LogP) is 2.26. The van der Waals surface area contributed by atoms with Gasteiger partial charge in [0.05, 0.1) is 17.9 Å². The van der Waals surface area contributed by atoms with E-state index in [0.717, 1.165) is 11.3 Å². The summed E-state index contributed by atoms with van der Waals surface area (Å²) in [6.07, 6.45) is 0. The molecule has 7 nitrogen and oxygen atoms in total. The maximum atomic E-state index is 12.2. The standard InChI is InChI=1S/C17H20N2O5S2/c1-3-24-17(21)14-7-4-5-8-15(14)19(13(2)20)11-10-18-26(22,23)16-9-6-12-25-16/h4-9,12,18H,3,10-11H2,1-2H3. The van der Waals surface area contributed by atoms with E-state index in [1.54, 1.807) is 42.6 Å². The summed E-state index contributed by atoms with van der Waals surface area (Å²) in [7, 11) is -3.62. The smallest absolute Gasteiger partial charge is 0.340 e. The molecule has 0 aliphatic carbocycles. The molecule has 0 radical (unpaired) electrons. The molecule has 1 N–H and O–H groups in total. The Morgan fingerprint density at radius 2 is 1.92 bits per heavy atom. The van der Waals surface area contributed by atoms with Crippen LogP contribution in [0.4, 0.5) is 5.69 Å². The Bertz CT molecular complexity index is 863. The lowest BCUT2D eigenvalue weighted by molar-refractivity contribution is -0.116. The van der Waals surface area contributed by atoms with Crippen molar-refractivity contribution >= 4 is 38.9 Å². The van der Waals surface area contributed by atoms with Crippen LogP contribution in [0.25, 0.3) is 0 Å². The average Bonchev–Trinajstić information content (AvgIpc) is 3.14. The number of nitrogens with one attached hydrogen (secondary N) is 1. The van der Waals surface area contributed by atoms with E-state index in [9.17, 15) is 18.0 Å². The fourth-order valence-corrected chi connectivity index (χ4v) is 4.38. The molecule has 0 aliphatic rings. The van der Waals surface area contributed by atoms with Gasteiger partial charge in [-0.3, -0.25) is 4.79 Å². The Labute approximate surface area is 156 Å². The molecular formula is C17H20N2O5S2. The molecule has 26 heavy (non-hydrogen) atoms. The first-order chi connectivity index (χ1) is 12.4. The van der Waals surface area contributed by atoms with E-state index in [0.29, 0.717) is 5.69 Å². The number of carbonyl (C=O) groups excluding carboxylic acids is 2. The van der Waals surface area contributed by atoms with Gasteiger partial charge in [0.25, 0.3) is 0 Å². The summed E-state index contributed by atoms with van der Waals surface area (Å²) >= 11 is 1.11. The second-order valence-electron chi connectivity index (χ2n) is 5.24. The van der Waals surface area contributed by atoms with Crippen LogP contribution in [0.5, 0.6) is 0 Å². The summed E-state index contributed by atoms with van der Waals surface area (Å²) in [4.78, 5) is 25.5. The monoisotopic (exact) mass is 396 g/mol. The molecule has 1 heterocycles. The lowest BCUT2D eigenvalue weighted by Gasteiger charge is -2.23. The van der Waals surface area contributed by atoms with Crippen LogP contribution in [-0.4, -0.2) is 40.0 Å². The molecule has 2 aromatic rings. The van der Waals surface area contributed by atoms with E-state index in [1.807, 2.05) is 0 Å². The van der Waals surface area contributed by atoms with Crippen molar-refractivity contribution in [3.8, 4) is 0 Å². The van der Waals surface area contributed by atoms with E-state index >= 15 is 0 Å². The Balaban J connectivity index is 2.15. The summed E-state index contributed by atoms with van der Waals surface area (Å²) in [6, 6.07) is 9.72. The summed E-state index contributed by atoms with van der Waals surface area (Å²) in [5, 5.41) is 1.67. The zero-order chi connectivity index (χ0) is 19.2. The first kappa shape index (κ1) is 20.1. The summed E-state index contributed by atoms with van der Waals surface area (Å²) in [6.45, 7) is 3.36. The second-order valence-corrected chi connectivity index (χ2v) is 8.18. The maximum Gasteiger partial charge on any atom is 0.340 e. The van der Waals surface area contributed by atoms with Gasteiger partial charge >= 0.3 is 5.97 Å². The number of hydrogen-bond donors (Lipinski definition) is 1. The van der Waals surface area contributed by atoms with Crippen molar-refractivity contribution in [3.63, 3.8) is 0 Å². The number of sulfonamides is 1. The van der Waals surface area contributed by atoms with Crippen LogP contribution in [0.1, 0.15) is 24.2 Å². The average molecular weight is 396 g/mol. The Hall–Kier alpha value is -2.23. The van der Waals surface area contributed by atoms with Crippen LogP contribution in [0.3, 0.4) is 0 Å². The van der Waals surface area contributed by atoms with Gasteiger partial charge in [-0.15, -0.1) is 11.3 Å². The van der Waals surface area contributed by atoms with Crippen LogP contribution in [0.2, 0.25) is 0 Å². The molecule has 1 aromatic carbocycles. The highest BCUT2D eigenvalue weighted by atomic mass is 32.2. The van der Waals surface area contributed by atoms with Gasteiger partial charge in [0, 0.05) is 20.0 Å². The Morgan fingerprint density at radius 1 is 1.19 bits per heavy atom. The van der Waals surface area contributed by atoms with Crippen molar-refractivity contribution in [3.05, 3.63) is 47.3 Å². The number of nitrogens with zero attached hydrogens (tertiary/aromatic N) is 1. The first-order valence-corrected chi connectivity index (χ1v) is 10.3. The van der Waals surface area contributed by atoms with Gasteiger partial charge in [-0.25, -0.2) is 17.9 Å². The number of amides is 1. The number of esters is 1. The highest BCUT2D eigenvalue weighted by Crippen LogP contribution is 2.22. The van der Waals surface area contributed by atoms with E-state index < -0.39 is 16.0 Å². The maximum absolute atomic E-state index is 12.2. The Kier molecular flexibility index (Phi) is 6.90. The minimum absolute atomic E-state index is 0.0109. The van der Waals surface area contributed by atoms with Crippen LogP contribution < -0.4 is 9.62 Å². The molecule has 0 atom stereocenters. The summed E-state index contributed by atoms with van der Waals surface area (Å²) < 4.78 is 32.0. The van der Waals surface area contributed by atoms with Gasteiger partial charge in [0.15, 0.2) is 0 Å². The fraction of sp³-hybridized carbons (Fsp3) is 0.294. The summed E-state index contributed by atoms with van der Waals surface area (Å²) in [5.74, 6) is -0.842. The third kappa shape index (κ3) is 4.90. The van der Waals surface area contributed by atoms with E-state index in [1.165, 1.54) is 17.9 Å². The van der Waals surface area contributed by atoms with Gasteiger partial charge in [-0.05, 0) is 30.5 Å². The molecule has 0 spiro atoms. The lowest BCUT2D eigenvalue weighted by Crippen LogP contribution is -2.38. The van der Waals surface area contributed by atoms with Crippen molar-refractivity contribution in [2.24, 2.45) is 0 Å². The normalized spacial score (nSPS) is 11.2. The molecule has 0 saturated carbocycles. The number of rotatable bonds is 8. The van der Waals surface area contributed by atoms with E-state index in [2.05, 4.69) is 4.72 Å². The number of carbonyl (C=O) groups is 2. The number of benzene rings is 1. The molecular weight excluding hydrogens is 376 g/mol. The van der Waals surface area contributed by atoms with E-state index in [-0.39, 0.29) is 35.4 Å². The van der Waals surface area contributed by atoms with Crippen LogP contribution in [0.15, 0.2) is 46.0 Å². The Morgan fingerprint density at radius 3 is 2.54 bits per heavy atom. The van der Waals surface area contributed by atoms with E-state index in [4.69, 9.17) is 4.74 Å². The molecule has 0 bridgehead atoms. The molecule has 0 fully saturated rings. The molecule has 2 rings (SSSR count). The molecule has 0 aliphatic heterocycles. The number of hydrogen-bond acceptors (Lipinski definition) is 6. The lowest BCUT2D eigenvalue weighted by atomic mass is 10.1. The molecule has 140 valence electrons. The highest BCUT2D eigenvalue weighted by Gasteiger charge is 2.21. The minimum atomic E-state index is -3.62. The zero-order valence-electron chi connectivity index (χ0n) is 14.5. The fourth-order valence-electron chi connectivity index (χ4n) is 2.32. The second kappa shape index (κ2) is 8.93. The van der Waals surface area contributed by atoms with Gasteiger partial charge in [-0.1, -0.05) is 18.2 Å². The van der Waals surface area contributed by atoms with Crippen molar-refractivity contribution in [1.82, 2.24) is 4.72 Å². The SMILES string of the molecule is CCOC(=O)c1ccccc1N(CCNS(=O)(=O)c1cccs1)C(C)=O. The van der Waals surface area contributed by atoms with Crippen molar-refractivity contribution in [1.29, 1.82) is 0 Å². The molecule has 1 amide bonds. The van der Waals surface area contributed by atoms with Crippen LogP contribution in [0, 0.1) is 0 Å². The van der Waals surface area contributed by atoms with Gasteiger partial charge in [0.1, 0.15) is 4.21 Å². The molecule has 1 aromatic heterocycles. The predicted molar refractivity (Wildman–Crippen MR) is 99.9 cm³/mol. The molecule has 0 saturated heterocycles. The third-order valence-electron chi connectivity index (χ3n) is 3.46. The van der Waals surface area contributed by atoms with Crippen molar-refractivity contribution < 1.29 is 22.7 Å². The molecule has 0 unspecified atom stereocenters. The zero-order valence-corrected chi connectivity index (χ0v) is 16.1. The number of ether oxygens (including phenoxy) is 1. The van der Waals surface area contributed by atoms with Gasteiger partial charge in [-0.2, -0.15) is 0 Å². The van der Waals surface area contributed by atoms with Gasteiger partial charge < -0.3 is 9.64 Å². The van der Waals surface area contributed by atoms with Crippen LogP contribution in [-0.2, 0) is 19.6 Å². The first-order valence-electron chi connectivity index (χ1n) is 7.94. The number of anilines is 1. The highest BCUT2D eigenvalue weighted by molar-refractivity contribution is 7.91. The molecule has 9 heteroatoms. The van der Waals surface area contributed by atoms with Crippen molar-refractivity contribution in [2.45, 2.75) is 18.1 Å². The number of para-hydroxylation sites is 1. The van der Waals surface area contributed by atoms with Gasteiger partial charge in [0.2, 0.25) is 15.9 Å². The van der Waals surface area contributed by atoms with Crippen molar-refractivity contribution in [2.75, 3.05) is 24.6 Å². The largest absolute Gasteiger partial charge is 0.462 e. The minimum Gasteiger partial charge on any atom is -0.462 e. The topological polar surface area (TPSA) is 92.8 Å². The number of thiophene rings is 1. The quantitative estimate of drug-likeness (QED) is 0.691. The summed E-state index contributed by atoms with van der Waals surface area (Å²) in [5.41, 5.74) is 0.638. The van der Waals surface area contributed by atoms with Crippen LogP contribution >= 0.6 is 11.3 Å².